The molecule has 0 saturated carbocycles. The van der Waals surface area contributed by atoms with Gasteiger partial charge in [0.1, 0.15) is 0 Å². The van der Waals surface area contributed by atoms with Crippen LogP contribution in [0.3, 0.4) is 0 Å². The second kappa shape index (κ2) is 8.32. The number of aliphatic hydroxyl groups is 1. The molecule has 1 aromatic carbocycles. The number of hydrogen-bond acceptors (Lipinski definition) is 3. The Morgan fingerprint density at radius 3 is 2.40 bits per heavy atom. The van der Waals surface area contributed by atoms with Crippen LogP contribution in [0.5, 0.6) is 0 Å². The standard InChI is InChI=1S/C15H22N2O3/c1-3-14(19)8-9-16-15(20)13-6-4-12(5-7-13)10-17-11(2)18/h4-7,14,19H,3,8-10H2,1-2H3,(H,16,20)(H,17,18). The lowest BCUT2D eigenvalue weighted by Crippen LogP contribution is -2.27. The van der Waals surface area contributed by atoms with Crippen LogP contribution in [0.15, 0.2) is 24.3 Å². The van der Waals surface area contributed by atoms with Crippen molar-refractivity contribution in [3.8, 4) is 0 Å². The van der Waals surface area contributed by atoms with Crippen LogP contribution in [0.2, 0.25) is 0 Å². The van der Waals surface area contributed by atoms with Crippen LogP contribution < -0.4 is 10.6 Å². The topological polar surface area (TPSA) is 78.4 Å². The van der Waals surface area contributed by atoms with Crippen molar-refractivity contribution < 1.29 is 14.7 Å². The Labute approximate surface area is 119 Å². The fourth-order valence-electron chi connectivity index (χ4n) is 1.66. The fraction of sp³-hybridized carbons (Fsp3) is 0.467. The van der Waals surface area contributed by atoms with Crippen molar-refractivity contribution in [3.05, 3.63) is 35.4 Å². The zero-order valence-corrected chi connectivity index (χ0v) is 12.0. The number of aliphatic hydroxyl groups excluding tert-OH is 1. The highest BCUT2D eigenvalue weighted by atomic mass is 16.3. The van der Waals surface area contributed by atoms with Crippen molar-refractivity contribution in [1.29, 1.82) is 0 Å². The molecule has 0 aromatic heterocycles. The number of benzene rings is 1. The molecule has 5 heteroatoms. The minimum absolute atomic E-state index is 0.0821. The number of amides is 2. The van der Waals surface area contributed by atoms with Gasteiger partial charge in [0.05, 0.1) is 6.10 Å². The summed E-state index contributed by atoms with van der Waals surface area (Å²) < 4.78 is 0. The highest BCUT2D eigenvalue weighted by Gasteiger charge is 2.06. The highest BCUT2D eigenvalue weighted by molar-refractivity contribution is 5.94. The van der Waals surface area contributed by atoms with E-state index >= 15 is 0 Å². The summed E-state index contributed by atoms with van der Waals surface area (Å²) in [6, 6.07) is 7.07. The number of nitrogens with one attached hydrogen (secondary N) is 2. The molecule has 1 rings (SSSR count). The molecule has 0 radical (unpaired) electrons. The van der Waals surface area contributed by atoms with E-state index in [0.717, 1.165) is 5.56 Å². The van der Waals surface area contributed by atoms with Gasteiger partial charge in [0.2, 0.25) is 5.91 Å². The fourth-order valence-corrected chi connectivity index (χ4v) is 1.66. The van der Waals surface area contributed by atoms with Crippen LogP contribution in [-0.4, -0.2) is 29.6 Å². The predicted octanol–water partition coefficient (Wildman–Crippen LogP) is 1.21. The molecule has 2 amide bonds. The summed E-state index contributed by atoms with van der Waals surface area (Å²) in [4.78, 5) is 22.6. The Morgan fingerprint density at radius 1 is 1.20 bits per heavy atom. The molecular weight excluding hydrogens is 256 g/mol. The third kappa shape index (κ3) is 5.84. The normalized spacial score (nSPS) is 11.8. The monoisotopic (exact) mass is 278 g/mol. The Kier molecular flexibility index (Phi) is 6.73. The van der Waals surface area contributed by atoms with E-state index in [1.54, 1.807) is 12.1 Å². The quantitative estimate of drug-likeness (QED) is 0.701. The summed E-state index contributed by atoms with van der Waals surface area (Å²) in [7, 11) is 0. The molecule has 0 bridgehead atoms. The first-order chi connectivity index (χ1) is 9.52. The average Bonchev–Trinajstić information content (AvgIpc) is 2.45. The smallest absolute Gasteiger partial charge is 0.251 e. The van der Waals surface area contributed by atoms with Crippen LogP contribution in [-0.2, 0) is 11.3 Å². The van der Waals surface area contributed by atoms with Crippen LogP contribution in [0.1, 0.15) is 42.6 Å². The van der Waals surface area contributed by atoms with E-state index in [1.165, 1.54) is 6.92 Å². The van der Waals surface area contributed by atoms with Gasteiger partial charge in [0.25, 0.3) is 5.91 Å². The van der Waals surface area contributed by atoms with Gasteiger partial charge in [0.15, 0.2) is 0 Å². The van der Waals surface area contributed by atoms with Crippen LogP contribution >= 0.6 is 0 Å². The largest absolute Gasteiger partial charge is 0.393 e. The van der Waals surface area contributed by atoms with Crippen LogP contribution in [0.4, 0.5) is 0 Å². The molecule has 0 fully saturated rings. The number of hydrogen-bond donors (Lipinski definition) is 3. The van der Waals surface area contributed by atoms with Gasteiger partial charge in [-0.15, -0.1) is 0 Å². The summed E-state index contributed by atoms with van der Waals surface area (Å²) >= 11 is 0. The highest BCUT2D eigenvalue weighted by Crippen LogP contribution is 2.04. The van der Waals surface area contributed by atoms with E-state index in [0.29, 0.717) is 31.5 Å². The second-order valence-electron chi connectivity index (χ2n) is 4.71. The number of rotatable bonds is 7. The Morgan fingerprint density at radius 2 is 1.85 bits per heavy atom. The molecule has 0 aliphatic heterocycles. The first kappa shape index (κ1) is 16.2. The molecule has 110 valence electrons. The molecule has 1 aromatic rings. The maximum absolute atomic E-state index is 11.8. The number of carbonyl (C=O) groups is 2. The van der Waals surface area contributed by atoms with Crippen LogP contribution in [0, 0.1) is 0 Å². The molecule has 0 spiro atoms. The third-order valence-corrected chi connectivity index (χ3v) is 2.99. The first-order valence-corrected chi connectivity index (χ1v) is 6.82. The van der Waals surface area contributed by atoms with E-state index in [4.69, 9.17) is 0 Å². The van der Waals surface area contributed by atoms with E-state index < -0.39 is 0 Å². The van der Waals surface area contributed by atoms with E-state index in [-0.39, 0.29) is 17.9 Å². The van der Waals surface area contributed by atoms with Crippen molar-refractivity contribution in [2.45, 2.75) is 39.3 Å². The molecule has 5 nitrogen and oxygen atoms in total. The van der Waals surface area contributed by atoms with Gasteiger partial charge < -0.3 is 15.7 Å². The van der Waals surface area contributed by atoms with Gasteiger partial charge in [-0.05, 0) is 30.5 Å². The zero-order valence-electron chi connectivity index (χ0n) is 12.0. The minimum Gasteiger partial charge on any atom is -0.393 e. The Hall–Kier alpha value is -1.88. The molecule has 0 aliphatic carbocycles. The van der Waals surface area contributed by atoms with Crippen molar-refractivity contribution in [3.63, 3.8) is 0 Å². The molecule has 1 unspecified atom stereocenters. The lowest BCUT2D eigenvalue weighted by molar-refractivity contribution is -0.119. The van der Waals surface area contributed by atoms with Gasteiger partial charge >= 0.3 is 0 Å². The van der Waals surface area contributed by atoms with Crippen molar-refractivity contribution >= 4 is 11.8 Å². The Balaban J connectivity index is 2.43. The summed E-state index contributed by atoms with van der Waals surface area (Å²) in [5.74, 6) is -0.235. The van der Waals surface area contributed by atoms with E-state index in [9.17, 15) is 14.7 Å². The molecule has 0 heterocycles. The average molecular weight is 278 g/mol. The Bertz CT molecular complexity index is 443. The zero-order chi connectivity index (χ0) is 15.0. The van der Waals surface area contributed by atoms with Crippen molar-refractivity contribution in [1.82, 2.24) is 10.6 Å². The maximum atomic E-state index is 11.8. The van der Waals surface area contributed by atoms with E-state index in [1.807, 2.05) is 19.1 Å². The van der Waals surface area contributed by atoms with Gasteiger partial charge in [-0.3, -0.25) is 9.59 Å². The molecule has 3 N–H and O–H groups in total. The third-order valence-electron chi connectivity index (χ3n) is 2.99. The molecule has 0 saturated heterocycles. The SMILES string of the molecule is CCC(O)CCNC(=O)c1ccc(CNC(C)=O)cc1. The summed E-state index contributed by atoms with van der Waals surface area (Å²) in [6.45, 7) is 4.29. The molecule has 1 atom stereocenters. The van der Waals surface area contributed by atoms with Crippen LogP contribution in [0.25, 0.3) is 0 Å². The van der Waals surface area contributed by atoms with Gasteiger partial charge in [0, 0.05) is 25.6 Å². The summed E-state index contributed by atoms with van der Waals surface area (Å²) in [6.07, 6.45) is 0.881. The van der Waals surface area contributed by atoms with Crippen molar-refractivity contribution in [2.75, 3.05) is 6.54 Å². The van der Waals surface area contributed by atoms with Gasteiger partial charge in [-0.25, -0.2) is 0 Å². The van der Waals surface area contributed by atoms with E-state index in [2.05, 4.69) is 10.6 Å². The minimum atomic E-state index is -0.365. The molecular formula is C15H22N2O3. The van der Waals surface area contributed by atoms with Gasteiger partial charge in [-0.2, -0.15) is 0 Å². The molecule has 20 heavy (non-hydrogen) atoms. The van der Waals surface area contributed by atoms with Crippen molar-refractivity contribution in [2.24, 2.45) is 0 Å². The first-order valence-electron chi connectivity index (χ1n) is 6.82. The summed E-state index contributed by atoms with van der Waals surface area (Å²) in [5.41, 5.74) is 1.51. The lowest BCUT2D eigenvalue weighted by atomic mass is 10.1. The molecule has 0 aliphatic rings. The lowest BCUT2D eigenvalue weighted by Gasteiger charge is -2.09. The number of carbonyl (C=O) groups excluding carboxylic acids is 2. The maximum Gasteiger partial charge on any atom is 0.251 e. The van der Waals surface area contributed by atoms with Gasteiger partial charge in [-0.1, -0.05) is 19.1 Å². The predicted molar refractivity (Wildman–Crippen MR) is 77.2 cm³/mol. The summed E-state index contributed by atoms with van der Waals surface area (Å²) in [5, 5.41) is 14.9. The second-order valence-corrected chi connectivity index (χ2v) is 4.71.